The summed E-state index contributed by atoms with van der Waals surface area (Å²) in [6.07, 6.45) is 4.14. The van der Waals surface area contributed by atoms with Crippen LogP contribution in [0.25, 0.3) is 0 Å². The second-order valence-corrected chi connectivity index (χ2v) is 14.0. The normalized spacial score (nSPS) is 18.1. The third-order valence-corrected chi connectivity index (χ3v) is 10.4. The van der Waals surface area contributed by atoms with Gasteiger partial charge in [0.2, 0.25) is 5.88 Å². The van der Waals surface area contributed by atoms with Crippen LogP contribution in [0.15, 0.2) is 60.9 Å². The molecule has 10 nitrogen and oxygen atoms in total. The molecule has 3 fully saturated rings. The second-order valence-electron chi connectivity index (χ2n) is 14.0. The Bertz CT molecular complexity index is 1640. The van der Waals surface area contributed by atoms with Gasteiger partial charge in [-0.05, 0) is 99.1 Å². The highest BCUT2D eigenvalue weighted by Crippen LogP contribution is 2.45. The predicted octanol–water partition coefficient (Wildman–Crippen LogP) is 6.90. The van der Waals surface area contributed by atoms with Crippen molar-refractivity contribution in [3.8, 4) is 11.6 Å². The molecule has 0 spiro atoms. The fourth-order valence-corrected chi connectivity index (χ4v) is 7.49. The minimum absolute atomic E-state index is 0.100. The topological polar surface area (TPSA) is 97.3 Å². The molecule has 2 aromatic heterocycles. The van der Waals surface area contributed by atoms with Crippen molar-refractivity contribution in [3.05, 3.63) is 72.1 Å². The molecule has 1 amide bonds. The van der Waals surface area contributed by atoms with Crippen LogP contribution in [0.1, 0.15) is 73.7 Å². The number of piperidine rings is 2. The van der Waals surface area contributed by atoms with Crippen molar-refractivity contribution >= 4 is 23.4 Å². The standard InChI is InChI=1S/C39H48F3N5O5/c1-3-51-37(48)24-33(28-7-8-28)29-11-17-44-36(22-29)52-25-27-12-20-46(21-13-27)34-23-31(50-2)9-10-32(34)38(49)47(35-6-4-5-16-43-35)30-14-18-45(19-15-30)26-39(40,41)42/h4-6,9-11,16-17,22-23,27-28,30,33H,3,7-8,12-15,18-21,24-26H2,1-2H3. The molecular weight excluding hydrogens is 675 g/mol. The van der Waals surface area contributed by atoms with E-state index in [-0.39, 0.29) is 42.8 Å². The van der Waals surface area contributed by atoms with E-state index in [1.807, 2.05) is 31.2 Å². The first-order chi connectivity index (χ1) is 25.1. The molecule has 1 aromatic carbocycles. The molecule has 0 radical (unpaired) electrons. The van der Waals surface area contributed by atoms with E-state index in [4.69, 9.17) is 14.2 Å². The van der Waals surface area contributed by atoms with E-state index >= 15 is 0 Å². The number of alkyl halides is 3. The highest BCUT2D eigenvalue weighted by molar-refractivity contribution is 6.10. The van der Waals surface area contributed by atoms with Gasteiger partial charge in [0.25, 0.3) is 5.91 Å². The fourth-order valence-electron chi connectivity index (χ4n) is 7.49. The number of esters is 1. The van der Waals surface area contributed by atoms with Gasteiger partial charge in [0.1, 0.15) is 11.6 Å². The first kappa shape index (κ1) is 37.4. The van der Waals surface area contributed by atoms with Gasteiger partial charge in [-0.3, -0.25) is 19.4 Å². The van der Waals surface area contributed by atoms with Crippen molar-refractivity contribution in [1.29, 1.82) is 0 Å². The number of amides is 1. The zero-order chi connectivity index (χ0) is 36.7. The highest BCUT2D eigenvalue weighted by Gasteiger charge is 2.37. The van der Waals surface area contributed by atoms with Crippen LogP contribution in [-0.2, 0) is 9.53 Å². The molecule has 6 rings (SSSR count). The molecule has 4 heterocycles. The van der Waals surface area contributed by atoms with Gasteiger partial charge >= 0.3 is 12.1 Å². The second kappa shape index (κ2) is 17.0. The molecule has 1 aliphatic carbocycles. The lowest BCUT2D eigenvalue weighted by Crippen LogP contribution is -2.50. The average Bonchev–Trinajstić information content (AvgIpc) is 3.99. The molecule has 3 aliphatic rings. The van der Waals surface area contributed by atoms with E-state index in [0.717, 1.165) is 36.9 Å². The molecule has 0 N–H and O–H groups in total. The van der Waals surface area contributed by atoms with Crippen molar-refractivity contribution in [2.45, 2.75) is 70.0 Å². The van der Waals surface area contributed by atoms with E-state index in [1.54, 1.807) is 48.7 Å². The summed E-state index contributed by atoms with van der Waals surface area (Å²) in [5.74, 6) is 2.08. The zero-order valence-electron chi connectivity index (χ0n) is 29.9. The molecule has 13 heteroatoms. The van der Waals surface area contributed by atoms with Crippen LogP contribution in [0.3, 0.4) is 0 Å². The molecule has 0 bridgehead atoms. The van der Waals surface area contributed by atoms with E-state index in [2.05, 4.69) is 14.9 Å². The lowest BCUT2D eigenvalue weighted by atomic mass is 9.92. The fraction of sp³-hybridized carbons (Fsp3) is 0.538. The lowest BCUT2D eigenvalue weighted by molar-refractivity contribution is -0.148. The number of aromatic nitrogens is 2. The van der Waals surface area contributed by atoms with Gasteiger partial charge in [-0.15, -0.1) is 0 Å². The third-order valence-electron chi connectivity index (χ3n) is 10.4. The molecule has 3 aromatic rings. The summed E-state index contributed by atoms with van der Waals surface area (Å²) in [6, 6.07) is 14.4. The Kier molecular flexibility index (Phi) is 12.2. The number of ether oxygens (including phenoxy) is 3. The number of methoxy groups -OCH3 is 1. The van der Waals surface area contributed by atoms with Gasteiger partial charge in [-0.25, -0.2) is 9.97 Å². The zero-order valence-corrected chi connectivity index (χ0v) is 29.9. The Morgan fingerprint density at radius 3 is 2.37 bits per heavy atom. The number of hydrogen-bond donors (Lipinski definition) is 0. The van der Waals surface area contributed by atoms with Crippen LogP contribution in [0.2, 0.25) is 0 Å². The number of hydrogen-bond acceptors (Lipinski definition) is 9. The highest BCUT2D eigenvalue weighted by atomic mass is 19.4. The van der Waals surface area contributed by atoms with Crippen LogP contribution in [0.4, 0.5) is 24.7 Å². The monoisotopic (exact) mass is 723 g/mol. The SMILES string of the molecule is CCOC(=O)CC(c1ccnc(OCC2CCN(c3cc(OC)ccc3C(=O)N(c3ccccn3)C3CCN(CC(F)(F)F)CC3)CC2)c1)C1CC1. The van der Waals surface area contributed by atoms with Crippen LogP contribution in [-0.4, -0.2) is 92.0 Å². The first-order valence-electron chi connectivity index (χ1n) is 18.3. The minimum atomic E-state index is -4.27. The maximum Gasteiger partial charge on any atom is 0.401 e. The van der Waals surface area contributed by atoms with Gasteiger partial charge in [-0.2, -0.15) is 13.2 Å². The summed E-state index contributed by atoms with van der Waals surface area (Å²) in [5.41, 5.74) is 2.30. The number of carbonyl (C=O) groups is 2. The van der Waals surface area contributed by atoms with Crippen molar-refractivity contribution in [2.24, 2.45) is 11.8 Å². The summed E-state index contributed by atoms with van der Waals surface area (Å²) in [7, 11) is 1.59. The van der Waals surface area contributed by atoms with E-state index in [0.29, 0.717) is 74.5 Å². The Morgan fingerprint density at radius 1 is 0.942 bits per heavy atom. The van der Waals surface area contributed by atoms with E-state index < -0.39 is 12.7 Å². The number of likely N-dealkylation sites (tertiary alicyclic amines) is 1. The summed E-state index contributed by atoms with van der Waals surface area (Å²) in [4.78, 5) is 41.0. The molecule has 280 valence electrons. The molecule has 1 unspecified atom stereocenters. The number of benzene rings is 1. The van der Waals surface area contributed by atoms with Gasteiger partial charge < -0.3 is 19.1 Å². The van der Waals surface area contributed by atoms with Gasteiger partial charge in [0.15, 0.2) is 0 Å². The van der Waals surface area contributed by atoms with Crippen molar-refractivity contribution in [3.63, 3.8) is 0 Å². The molecule has 2 saturated heterocycles. The Hall–Kier alpha value is -4.39. The maximum absolute atomic E-state index is 14.5. The number of anilines is 2. The van der Waals surface area contributed by atoms with E-state index in [9.17, 15) is 22.8 Å². The molecular formula is C39H48F3N5O5. The Balaban J connectivity index is 1.12. The van der Waals surface area contributed by atoms with Crippen LogP contribution in [0.5, 0.6) is 11.6 Å². The van der Waals surface area contributed by atoms with Crippen LogP contribution in [0, 0.1) is 11.8 Å². The smallest absolute Gasteiger partial charge is 0.401 e. The lowest BCUT2D eigenvalue weighted by Gasteiger charge is -2.39. The van der Waals surface area contributed by atoms with Gasteiger partial charge in [-0.1, -0.05) is 6.07 Å². The Morgan fingerprint density at radius 2 is 1.71 bits per heavy atom. The van der Waals surface area contributed by atoms with Gasteiger partial charge in [0.05, 0.1) is 44.5 Å². The molecule has 1 atom stereocenters. The van der Waals surface area contributed by atoms with Crippen molar-refractivity contribution < 1.29 is 37.0 Å². The van der Waals surface area contributed by atoms with Crippen molar-refractivity contribution in [1.82, 2.24) is 14.9 Å². The first-order valence-corrected chi connectivity index (χ1v) is 18.3. The quantitative estimate of drug-likeness (QED) is 0.165. The van der Waals surface area contributed by atoms with Gasteiger partial charge in [0, 0.05) is 56.7 Å². The molecule has 52 heavy (non-hydrogen) atoms. The molecule has 2 aliphatic heterocycles. The number of halogens is 3. The van der Waals surface area contributed by atoms with Crippen molar-refractivity contribution in [2.75, 3.05) is 62.8 Å². The molecule has 1 saturated carbocycles. The summed E-state index contributed by atoms with van der Waals surface area (Å²) >= 11 is 0. The largest absolute Gasteiger partial charge is 0.497 e. The number of nitrogens with zero attached hydrogens (tertiary/aromatic N) is 5. The maximum atomic E-state index is 14.5. The predicted molar refractivity (Wildman–Crippen MR) is 191 cm³/mol. The number of rotatable bonds is 14. The van der Waals surface area contributed by atoms with Crippen LogP contribution < -0.4 is 19.3 Å². The number of pyridine rings is 2. The Labute approximate surface area is 303 Å². The minimum Gasteiger partial charge on any atom is -0.497 e. The number of carbonyl (C=O) groups excluding carboxylic acids is 2. The van der Waals surface area contributed by atoms with Crippen LogP contribution >= 0.6 is 0 Å². The van der Waals surface area contributed by atoms with E-state index in [1.165, 1.54) is 4.90 Å². The summed E-state index contributed by atoms with van der Waals surface area (Å²) < 4.78 is 56.3. The average molecular weight is 724 g/mol. The summed E-state index contributed by atoms with van der Waals surface area (Å²) in [6.45, 7) is 3.59. The summed E-state index contributed by atoms with van der Waals surface area (Å²) in [5, 5.41) is 0. The third kappa shape index (κ3) is 9.72.